The molecular weight excluding hydrogens is 234 g/mol. The number of nitrogens with zero attached hydrogens (tertiary/aromatic N) is 2. The predicted octanol–water partition coefficient (Wildman–Crippen LogP) is 2.96. The zero-order valence-electron chi connectivity index (χ0n) is 11.9. The molecule has 3 heteroatoms. The number of hydrogen-bond donors (Lipinski definition) is 1. The Bertz CT molecular complexity index is 414. The largest absolute Gasteiger partial charge is 0.371 e. The molecule has 104 valence electrons. The first-order chi connectivity index (χ1) is 9.35. The van der Waals surface area contributed by atoms with Gasteiger partial charge in [-0.15, -0.1) is 0 Å². The topological polar surface area (TPSA) is 28.2 Å². The molecule has 0 aromatic carbocycles. The van der Waals surface area contributed by atoms with Crippen molar-refractivity contribution in [2.24, 2.45) is 5.92 Å². The number of hydrogen-bond acceptors (Lipinski definition) is 3. The van der Waals surface area contributed by atoms with Crippen LogP contribution in [0.15, 0.2) is 18.3 Å². The third kappa shape index (κ3) is 3.47. The summed E-state index contributed by atoms with van der Waals surface area (Å²) >= 11 is 0. The number of pyridine rings is 1. The molecule has 1 saturated carbocycles. The molecule has 0 amide bonds. The Labute approximate surface area is 116 Å². The summed E-state index contributed by atoms with van der Waals surface area (Å²) < 4.78 is 0. The molecule has 1 aliphatic heterocycles. The fourth-order valence-electron chi connectivity index (χ4n) is 3.01. The molecule has 1 aromatic heterocycles. The maximum Gasteiger partial charge on any atom is 0.0562 e. The van der Waals surface area contributed by atoms with Crippen molar-refractivity contribution in [1.82, 2.24) is 10.3 Å². The van der Waals surface area contributed by atoms with E-state index in [0.717, 1.165) is 18.5 Å². The molecule has 1 aromatic rings. The Balaban J connectivity index is 1.59. The van der Waals surface area contributed by atoms with E-state index in [1.807, 2.05) is 6.20 Å². The molecule has 1 N–H and O–H groups in total. The second kappa shape index (κ2) is 5.91. The van der Waals surface area contributed by atoms with Crippen molar-refractivity contribution in [3.05, 3.63) is 24.0 Å². The standard InChI is InChI=1S/C16H25N3/c1-2-3-13-7-9-19(12-13)16-6-8-17-15(10-16)11-18-14-4-5-14/h6,8,10,13-14,18H,2-5,7,9,11-12H2,1H3. The molecule has 19 heavy (non-hydrogen) atoms. The van der Waals surface area contributed by atoms with Gasteiger partial charge < -0.3 is 10.2 Å². The quantitative estimate of drug-likeness (QED) is 0.851. The van der Waals surface area contributed by atoms with Gasteiger partial charge in [0.05, 0.1) is 5.69 Å². The lowest BCUT2D eigenvalue weighted by Gasteiger charge is -2.19. The van der Waals surface area contributed by atoms with Crippen LogP contribution < -0.4 is 10.2 Å². The number of rotatable bonds is 6. The Morgan fingerprint density at radius 1 is 1.37 bits per heavy atom. The molecule has 1 aliphatic carbocycles. The lowest BCUT2D eigenvalue weighted by Crippen LogP contribution is -2.21. The van der Waals surface area contributed by atoms with Crippen LogP contribution in [0.4, 0.5) is 5.69 Å². The minimum Gasteiger partial charge on any atom is -0.371 e. The molecule has 0 spiro atoms. The average Bonchev–Trinajstić information content (AvgIpc) is 3.15. The summed E-state index contributed by atoms with van der Waals surface area (Å²) in [5.41, 5.74) is 2.55. The lowest BCUT2D eigenvalue weighted by molar-refractivity contribution is 0.530. The van der Waals surface area contributed by atoms with Crippen LogP contribution in [0.25, 0.3) is 0 Å². The highest BCUT2D eigenvalue weighted by Crippen LogP contribution is 2.26. The molecule has 2 fully saturated rings. The summed E-state index contributed by atoms with van der Waals surface area (Å²) in [6, 6.07) is 5.18. The van der Waals surface area contributed by atoms with Gasteiger partial charge in [-0.3, -0.25) is 4.98 Å². The van der Waals surface area contributed by atoms with Crippen LogP contribution in [0.2, 0.25) is 0 Å². The van der Waals surface area contributed by atoms with Crippen molar-refractivity contribution in [1.29, 1.82) is 0 Å². The Hall–Kier alpha value is -1.09. The zero-order valence-corrected chi connectivity index (χ0v) is 11.9. The van der Waals surface area contributed by atoms with Gasteiger partial charge in [0.1, 0.15) is 0 Å². The minimum atomic E-state index is 0.756. The van der Waals surface area contributed by atoms with Crippen LogP contribution in [-0.4, -0.2) is 24.1 Å². The Morgan fingerprint density at radius 2 is 2.26 bits per heavy atom. The molecule has 3 nitrogen and oxygen atoms in total. The van der Waals surface area contributed by atoms with Crippen molar-refractivity contribution in [3.63, 3.8) is 0 Å². The first-order valence-electron chi connectivity index (χ1n) is 7.78. The van der Waals surface area contributed by atoms with Gasteiger partial charge in [-0.2, -0.15) is 0 Å². The van der Waals surface area contributed by atoms with Crippen molar-refractivity contribution >= 4 is 5.69 Å². The molecule has 1 unspecified atom stereocenters. The van der Waals surface area contributed by atoms with E-state index in [9.17, 15) is 0 Å². The SMILES string of the molecule is CCCC1CCN(c2ccnc(CNC3CC3)c2)C1. The molecule has 0 bridgehead atoms. The monoisotopic (exact) mass is 259 g/mol. The normalized spacial score (nSPS) is 23.0. The molecule has 2 heterocycles. The fourth-order valence-corrected chi connectivity index (χ4v) is 3.01. The summed E-state index contributed by atoms with van der Waals surface area (Å²) in [6.07, 6.45) is 8.68. The highest BCUT2D eigenvalue weighted by Gasteiger charge is 2.23. The lowest BCUT2D eigenvalue weighted by atomic mass is 10.0. The van der Waals surface area contributed by atoms with E-state index in [1.165, 1.54) is 56.6 Å². The van der Waals surface area contributed by atoms with Crippen LogP contribution >= 0.6 is 0 Å². The first kappa shape index (κ1) is 12.9. The maximum atomic E-state index is 4.48. The van der Waals surface area contributed by atoms with Crippen molar-refractivity contribution in [3.8, 4) is 0 Å². The smallest absolute Gasteiger partial charge is 0.0562 e. The van der Waals surface area contributed by atoms with Gasteiger partial charge in [-0.25, -0.2) is 0 Å². The molecule has 3 rings (SSSR count). The van der Waals surface area contributed by atoms with Gasteiger partial charge in [-0.1, -0.05) is 13.3 Å². The summed E-state index contributed by atoms with van der Waals surface area (Å²) in [5, 5.41) is 3.54. The highest BCUT2D eigenvalue weighted by molar-refractivity contribution is 5.47. The predicted molar refractivity (Wildman–Crippen MR) is 79.3 cm³/mol. The van der Waals surface area contributed by atoms with E-state index in [4.69, 9.17) is 0 Å². The van der Waals surface area contributed by atoms with E-state index in [1.54, 1.807) is 0 Å². The first-order valence-corrected chi connectivity index (χ1v) is 7.78. The van der Waals surface area contributed by atoms with E-state index >= 15 is 0 Å². The third-order valence-electron chi connectivity index (χ3n) is 4.30. The third-order valence-corrected chi connectivity index (χ3v) is 4.30. The molecule has 1 saturated heterocycles. The van der Waals surface area contributed by atoms with Crippen LogP contribution in [0.1, 0.15) is 44.7 Å². The zero-order chi connectivity index (χ0) is 13.1. The summed E-state index contributed by atoms with van der Waals surface area (Å²) in [6.45, 7) is 5.65. The van der Waals surface area contributed by atoms with E-state index in [0.29, 0.717) is 0 Å². The molecule has 1 atom stereocenters. The van der Waals surface area contributed by atoms with Crippen LogP contribution in [0, 0.1) is 5.92 Å². The van der Waals surface area contributed by atoms with Crippen LogP contribution in [-0.2, 0) is 6.54 Å². The van der Waals surface area contributed by atoms with Crippen molar-refractivity contribution < 1.29 is 0 Å². The van der Waals surface area contributed by atoms with Crippen molar-refractivity contribution in [2.45, 2.75) is 51.6 Å². The Morgan fingerprint density at radius 3 is 3.05 bits per heavy atom. The summed E-state index contributed by atoms with van der Waals surface area (Å²) in [7, 11) is 0. The second-order valence-electron chi connectivity index (χ2n) is 6.05. The number of nitrogens with one attached hydrogen (secondary N) is 1. The number of aromatic nitrogens is 1. The average molecular weight is 259 g/mol. The summed E-state index contributed by atoms with van der Waals surface area (Å²) in [4.78, 5) is 7.01. The molecular formula is C16H25N3. The fraction of sp³-hybridized carbons (Fsp3) is 0.688. The van der Waals surface area contributed by atoms with Crippen LogP contribution in [0.3, 0.4) is 0 Å². The van der Waals surface area contributed by atoms with Gasteiger partial charge in [0.25, 0.3) is 0 Å². The number of anilines is 1. The van der Waals surface area contributed by atoms with Gasteiger partial charge in [0, 0.05) is 37.6 Å². The highest BCUT2D eigenvalue weighted by atomic mass is 15.2. The van der Waals surface area contributed by atoms with Crippen LogP contribution in [0.5, 0.6) is 0 Å². The Kier molecular flexibility index (Phi) is 4.02. The summed E-state index contributed by atoms with van der Waals surface area (Å²) in [5.74, 6) is 0.895. The second-order valence-corrected chi connectivity index (χ2v) is 6.05. The minimum absolute atomic E-state index is 0.756. The van der Waals surface area contributed by atoms with E-state index in [-0.39, 0.29) is 0 Å². The van der Waals surface area contributed by atoms with Gasteiger partial charge in [0.2, 0.25) is 0 Å². The van der Waals surface area contributed by atoms with E-state index in [2.05, 4.69) is 34.3 Å². The molecule has 2 aliphatic rings. The maximum absolute atomic E-state index is 4.48. The van der Waals surface area contributed by atoms with E-state index < -0.39 is 0 Å². The van der Waals surface area contributed by atoms with Crippen molar-refractivity contribution in [2.75, 3.05) is 18.0 Å². The van der Waals surface area contributed by atoms with Gasteiger partial charge in [-0.05, 0) is 43.7 Å². The van der Waals surface area contributed by atoms with Gasteiger partial charge in [0.15, 0.2) is 0 Å². The van der Waals surface area contributed by atoms with Gasteiger partial charge >= 0.3 is 0 Å². The molecule has 0 radical (unpaired) electrons.